The number of hydrogen-bond acceptors (Lipinski definition) is 6. The Hall–Kier alpha value is -3.20. The minimum absolute atomic E-state index is 0.0391. The van der Waals surface area contributed by atoms with Crippen LogP contribution in [0.3, 0.4) is 0 Å². The molecule has 2 N–H and O–H groups in total. The van der Waals surface area contributed by atoms with E-state index >= 15 is 0 Å². The number of nitrogens with one attached hydrogen (secondary N) is 2. The summed E-state index contributed by atoms with van der Waals surface area (Å²) in [4.78, 5) is 38.5. The van der Waals surface area contributed by atoms with Gasteiger partial charge in [0.2, 0.25) is 5.91 Å². The summed E-state index contributed by atoms with van der Waals surface area (Å²) in [6, 6.07) is 14.6. The lowest BCUT2D eigenvalue weighted by Gasteiger charge is -2.21. The molecule has 2 aliphatic heterocycles. The van der Waals surface area contributed by atoms with Crippen LogP contribution in [0.2, 0.25) is 0 Å². The van der Waals surface area contributed by atoms with Gasteiger partial charge in [-0.05, 0) is 43.5 Å². The van der Waals surface area contributed by atoms with Crippen LogP contribution in [0.4, 0.5) is 4.79 Å². The Balaban J connectivity index is 1.31. The average molecular weight is 456 g/mol. The molecule has 2 aromatic carbocycles. The zero-order chi connectivity index (χ0) is 22.6. The zero-order valence-electron chi connectivity index (χ0n) is 17.8. The van der Waals surface area contributed by atoms with E-state index in [-0.39, 0.29) is 5.75 Å². The number of imide groups is 1. The molecule has 1 fully saturated rings. The van der Waals surface area contributed by atoms with Gasteiger partial charge in [-0.15, -0.1) is 11.8 Å². The number of ether oxygens (including phenoxy) is 2. The van der Waals surface area contributed by atoms with Crippen molar-refractivity contribution in [2.75, 3.05) is 19.0 Å². The second-order valence-corrected chi connectivity index (χ2v) is 8.92. The Morgan fingerprint density at radius 3 is 2.66 bits per heavy atom. The topological polar surface area (TPSA) is 97.0 Å². The third kappa shape index (κ3) is 4.99. The Morgan fingerprint density at radius 2 is 1.88 bits per heavy atom. The molecule has 0 aromatic heterocycles. The highest BCUT2D eigenvalue weighted by atomic mass is 32.2. The van der Waals surface area contributed by atoms with Crippen molar-refractivity contribution in [2.24, 2.45) is 0 Å². The number of benzene rings is 2. The number of rotatable bonds is 7. The molecule has 1 saturated heterocycles. The number of carbonyl (C=O) groups is 3. The first-order chi connectivity index (χ1) is 15.4. The highest BCUT2D eigenvalue weighted by Crippen LogP contribution is 2.33. The summed E-state index contributed by atoms with van der Waals surface area (Å²) >= 11 is 1.28. The van der Waals surface area contributed by atoms with Crippen molar-refractivity contribution in [1.29, 1.82) is 0 Å². The maximum absolute atomic E-state index is 12.9. The van der Waals surface area contributed by atoms with Crippen molar-refractivity contribution >= 4 is 29.6 Å². The minimum Gasteiger partial charge on any atom is -0.490 e. The van der Waals surface area contributed by atoms with Gasteiger partial charge in [0.15, 0.2) is 11.5 Å². The predicted molar refractivity (Wildman–Crippen MR) is 119 cm³/mol. The molecule has 4 rings (SSSR count). The van der Waals surface area contributed by atoms with Gasteiger partial charge in [0.25, 0.3) is 5.91 Å². The van der Waals surface area contributed by atoms with E-state index in [2.05, 4.69) is 10.7 Å². The summed E-state index contributed by atoms with van der Waals surface area (Å²) in [7, 11) is 0. The summed E-state index contributed by atoms with van der Waals surface area (Å²) in [5.74, 6) is 0.462. The van der Waals surface area contributed by atoms with Crippen molar-refractivity contribution < 1.29 is 23.9 Å². The first-order valence-corrected chi connectivity index (χ1v) is 11.5. The van der Waals surface area contributed by atoms with Crippen molar-refractivity contribution in [3.63, 3.8) is 0 Å². The SMILES string of the molecule is C[C@@]1(CCc2ccccc2)NC(=O)N(NC(=O)CSc2ccc3c(c2)OCCCO3)C1=O. The fraction of sp³-hybridized carbons (Fsp3) is 0.348. The molecule has 2 aromatic rings. The molecule has 0 unspecified atom stereocenters. The zero-order valence-corrected chi connectivity index (χ0v) is 18.6. The summed E-state index contributed by atoms with van der Waals surface area (Å²) < 4.78 is 11.3. The van der Waals surface area contributed by atoms with Crippen LogP contribution in [0.5, 0.6) is 11.5 Å². The van der Waals surface area contributed by atoms with E-state index in [1.807, 2.05) is 48.5 Å². The van der Waals surface area contributed by atoms with E-state index in [0.717, 1.165) is 21.9 Å². The van der Waals surface area contributed by atoms with E-state index in [9.17, 15) is 14.4 Å². The van der Waals surface area contributed by atoms with Gasteiger partial charge >= 0.3 is 6.03 Å². The molecule has 0 aliphatic carbocycles. The lowest BCUT2D eigenvalue weighted by Crippen LogP contribution is -2.49. The maximum Gasteiger partial charge on any atom is 0.344 e. The molecule has 4 amide bonds. The molecule has 0 radical (unpaired) electrons. The summed E-state index contributed by atoms with van der Waals surface area (Å²) in [5, 5.41) is 3.48. The van der Waals surface area contributed by atoms with Gasteiger partial charge in [-0.2, -0.15) is 5.01 Å². The smallest absolute Gasteiger partial charge is 0.344 e. The Labute approximate surface area is 190 Å². The minimum atomic E-state index is -1.07. The largest absolute Gasteiger partial charge is 0.490 e. The second kappa shape index (κ2) is 9.52. The molecule has 0 bridgehead atoms. The standard InChI is InChI=1S/C23H25N3O5S/c1-23(11-10-16-6-3-2-4-7-16)21(28)26(22(29)24-23)25-20(27)15-32-17-8-9-18-19(14-17)31-13-5-12-30-18/h2-4,6-9,14H,5,10-13,15H2,1H3,(H,24,29)(H,25,27)/t23-/m0/s1. The lowest BCUT2D eigenvalue weighted by atomic mass is 9.93. The number of hydrazine groups is 1. The van der Waals surface area contributed by atoms with E-state index in [1.165, 1.54) is 11.8 Å². The quantitative estimate of drug-likeness (QED) is 0.492. The highest BCUT2D eigenvalue weighted by Gasteiger charge is 2.48. The molecule has 0 saturated carbocycles. The average Bonchev–Trinajstić information content (AvgIpc) is 2.96. The molecule has 9 heteroatoms. The number of amides is 4. The first-order valence-electron chi connectivity index (χ1n) is 10.5. The van der Waals surface area contributed by atoms with Crippen molar-refractivity contribution in [3.8, 4) is 11.5 Å². The molecular formula is C23H25N3O5S. The number of hydrogen-bond donors (Lipinski definition) is 2. The fourth-order valence-corrected chi connectivity index (χ4v) is 4.25. The molecule has 8 nitrogen and oxygen atoms in total. The van der Waals surface area contributed by atoms with E-state index in [0.29, 0.717) is 37.6 Å². The van der Waals surface area contributed by atoms with Crippen LogP contribution in [-0.2, 0) is 16.0 Å². The molecule has 1 atom stereocenters. The normalized spacial score (nSPS) is 20.0. The predicted octanol–water partition coefficient (Wildman–Crippen LogP) is 2.91. The third-order valence-electron chi connectivity index (χ3n) is 5.34. The molecular weight excluding hydrogens is 430 g/mol. The van der Waals surface area contributed by atoms with Crippen molar-refractivity contribution in [3.05, 3.63) is 54.1 Å². The number of fused-ring (bicyclic) bond motifs is 1. The summed E-state index contributed by atoms with van der Waals surface area (Å²) in [5.41, 5.74) is 2.44. The van der Waals surface area contributed by atoms with Gasteiger partial charge in [0, 0.05) is 11.3 Å². The maximum atomic E-state index is 12.9. The van der Waals surface area contributed by atoms with Crippen molar-refractivity contribution in [2.45, 2.75) is 36.6 Å². The lowest BCUT2D eigenvalue weighted by molar-refractivity contribution is -0.138. The summed E-state index contributed by atoms with van der Waals surface area (Å²) in [6.45, 7) is 2.86. The third-order valence-corrected chi connectivity index (χ3v) is 6.34. The van der Waals surface area contributed by atoms with Gasteiger partial charge < -0.3 is 14.8 Å². The van der Waals surface area contributed by atoms with Gasteiger partial charge in [0.05, 0.1) is 19.0 Å². The van der Waals surface area contributed by atoms with E-state index in [1.54, 1.807) is 6.92 Å². The number of urea groups is 1. The Morgan fingerprint density at radius 1 is 1.12 bits per heavy atom. The van der Waals surface area contributed by atoms with Crippen LogP contribution < -0.4 is 20.2 Å². The number of carbonyl (C=O) groups excluding carboxylic acids is 3. The number of thioether (sulfide) groups is 1. The number of aryl methyl sites for hydroxylation is 1. The summed E-state index contributed by atoms with van der Waals surface area (Å²) in [6.07, 6.45) is 1.88. The van der Waals surface area contributed by atoms with E-state index in [4.69, 9.17) is 9.47 Å². The van der Waals surface area contributed by atoms with Crippen molar-refractivity contribution in [1.82, 2.24) is 15.8 Å². The van der Waals surface area contributed by atoms with Gasteiger partial charge in [-0.3, -0.25) is 15.0 Å². The van der Waals surface area contributed by atoms with Crippen LogP contribution in [0.1, 0.15) is 25.3 Å². The van der Waals surface area contributed by atoms with Crippen LogP contribution >= 0.6 is 11.8 Å². The monoisotopic (exact) mass is 455 g/mol. The molecule has 168 valence electrons. The number of nitrogens with zero attached hydrogens (tertiary/aromatic N) is 1. The van der Waals surface area contributed by atoms with Gasteiger partial charge in [0.1, 0.15) is 5.54 Å². The molecule has 0 spiro atoms. The van der Waals surface area contributed by atoms with Crippen LogP contribution in [0, 0.1) is 0 Å². The molecule has 2 heterocycles. The van der Waals surface area contributed by atoms with Crippen LogP contribution in [0.15, 0.2) is 53.4 Å². The fourth-order valence-electron chi connectivity index (χ4n) is 3.53. The Bertz CT molecular complexity index is 1020. The van der Waals surface area contributed by atoms with E-state index < -0.39 is 23.4 Å². The highest BCUT2D eigenvalue weighted by molar-refractivity contribution is 8.00. The molecule has 2 aliphatic rings. The van der Waals surface area contributed by atoms with Crippen LogP contribution in [-0.4, -0.2) is 47.4 Å². The second-order valence-electron chi connectivity index (χ2n) is 7.87. The van der Waals surface area contributed by atoms with Gasteiger partial charge in [-0.1, -0.05) is 30.3 Å². The molecule has 32 heavy (non-hydrogen) atoms. The first kappa shape index (κ1) is 22.0. The Kier molecular flexibility index (Phi) is 6.55. The van der Waals surface area contributed by atoms with Crippen LogP contribution in [0.25, 0.3) is 0 Å². The van der Waals surface area contributed by atoms with Gasteiger partial charge in [-0.25, -0.2) is 4.79 Å².